The summed E-state index contributed by atoms with van der Waals surface area (Å²) in [7, 11) is 1.89. The number of nitrogens with zero attached hydrogens (tertiary/aromatic N) is 9. The van der Waals surface area contributed by atoms with Crippen LogP contribution in [0.4, 0.5) is 0 Å². The Kier molecular flexibility index (Phi) is 6.11. The number of nitriles is 2. The first kappa shape index (κ1) is 23.6. The number of hydrogen-bond donors (Lipinski definition) is 0. The second-order valence-electron chi connectivity index (χ2n) is 10.2. The van der Waals surface area contributed by atoms with Gasteiger partial charge in [-0.15, -0.1) is 0 Å². The molecule has 6 rings (SSSR count). The highest BCUT2D eigenvalue weighted by Crippen LogP contribution is 2.46. The van der Waals surface area contributed by atoms with E-state index in [0.717, 1.165) is 54.0 Å². The third-order valence-corrected chi connectivity index (χ3v) is 7.64. The minimum absolute atomic E-state index is 0.0178. The van der Waals surface area contributed by atoms with E-state index in [2.05, 4.69) is 22.3 Å². The van der Waals surface area contributed by atoms with Crippen molar-refractivity contribution in [2.24, 2.45) is 18.1 Å². The van der Waals surface area contributed by atoms with E-state index in [9.17, 15) is 10.5 Å². The van der Waals surface area contributed by atoms with Crippen LogP contribution < -0.4 is 0 Å². The van der Waals surface area contributed by atoms with Crippen LogP contribution in [0.5, 0.6) is 0 Å². The van der Waals surface area contributed by atoms with Crippen molar-refractivity contribution < 1.29 is 9.47 Å². The van der Waals surface area contributed by atoms with Crippen molar-refractivity contribution in [2.75, 3.05) is 13.2 Å². The summed E-state index contributed by atoms with van der Waals surface area (Å²) >= 11 is 0. The molecular weight excluding hydrogens is 470 g/mol. The standard InChI is InChI=1S/C26H29N9O2/c1-33-15-20(22(32-33)17-37-24-4-2-3-9-36-24)21-16-34-23(5-8-29-34)25(31-21)19-13-30-35(14-19)26(6-7-27)10-18(11-26)12-28/h5,8,13,15-16,18-19,24H,2-4,6,9-11,14,17H2,1H3/t18-,19?,24?,26-. The zero-order valence-electron chi connectivity index (χ0n) is 20.8. The molecule has 3 aromatic rings. The van der Waals surface area contributed by atoms with Gasteiger partial charge in [-0.1, -0.05) is 0 Å². The van der Waals surface area contributed by atoms with Crippen molar-refractivity contribution in [1.29, 1.82) is 10.5 Å². The van der Waals surface area contributed by atoms with Crippen LogP contribution in [-0.4, -0.2) is 60.6 Å². The molecule has 11 nitrogen and oxygen atoms in total. The lowest BCUT2D eigenvalue weighted by Gasteiger charge is -2.49. The van der Waals surface area contributed by atoms with E-state index >= 15 is 0 Å². The van der Waals surface area contributed by atoms with Crippen LogP contribution in [0.2, 0.25) is 0 Å². The van der Waals surface area contributed by atoms with Gasteiger partial charge in [0.05, 0.1) is 84.1 Å². The monoisotopic (exact) mass is 499 g/mol. The van der Waals surface area contributed by atoms with Gasteiger partial charge in [0.25, 0.3) is 0 Å². The first-order valence-electron chi connectivity index (χ1n) is 12.8. The molecular formula is C26H29N9O2. The van der Waals surface area contributed by atoms with Gasteiger partial charge >= 0.3 is 0 Å². The normalized spacial score (nSPS) is 27.2. The van der Waals surface area contributed by atoms with Gasteiger partial charge in [0.15, 0.2) is 6.29 Å². The molecule has 2 unspecified atom stereocenters. The van der Waals surface area contributed by atoms with Crippen LogP contribution >= 0.6 is 0 Å². The van der Waals surface area contributed by atoms with E-state index < -0.39 is 0 Å². The van der Waals surface area contributed by atoms with Gasteiger partial charge in [0.1, 0.15) is 0 Å². The molecule has 1 aliphatic carbocycles. The van der Waals surface area contributed by atoms with Crippen LogP contribution in [-0.2, 0) is 23.1 Å². The van der Waals surface area contributed by atoms with Crippen molar-refractivity contribution in [3.05, 3.63) is 36.0 Å². The fourth-order valence-corrected chi connectivity index (χ4v) is 5.68. The van der Waals surface area contributed by atoms with E-state index in [-0.39, 0.29) is 23.7 Å². The highest BCUT2D eigenvalue weighted by atomic mass is 16.7. The molecule has 2 fully saturated rings. The summed E-state index contributed by atoms with van der Waals surface area (Å²) in [6, 6.07) is 6.58. The number of rotatable bonds is 7. The van der Waals surface area contributed by atoms with Crippen molar-refractivity contribution in [1.82, 2.24) is 29.4 Å². The van der Waals surface area contributed by atoms with Crippen LogP contribution in [0, 0.1) is 28.6 Å². The van der Waals surface area contributed by atoms with Crippen LogP contribution in [0.3, 0.4) is 0 Å². The SMILES string of the molecule is Cn1cc(-c2cn3nccc3c(C3C=NN([C@]4(CC#N)C[C@@H](C#N)C4)C3)n2)c(COC2CCCCO2)n1. The van der Waals surface area contributed by atoms with Crippen molar-refractivity contribution in [3.63, 3.8) is 0 Å². The van der Waals surface area contributed by atoms with Crippen LogP contribution in [0.15, 0.2) is 29.8 Å². The molecule has 190 valence electrons. The number of ether oxygens (including phenoxy) is 2. The largest absolute Gasteiger partial charge is 0.353 e. The molecule has 0 amide bonds. The average molecular weight is 500 g/mol. The second kappa shape index (κ2) is 9.58. The topological polar surface area (TPSA) is 130 Å². The molecule has 0 aromatic carbocycles. The molecule has 1 saturated heterocycles. The van der Waals surface area contributed by atoms with Gasteiger partial charge in [-0.25, -0.2) is 9.50 Å². The Morgan fingerprint density at radius 2 is 2.14 bits per heavy atom. The quantitative estimate of drug-likeness (QED) is 0.485. The van der Waals surface area contributed by atoms with E-state index in [1.807, 2.05) is 41.2 Å². The molecule has 37 heavy (non-hydrogen) atoms. The summed E-state index contributed by atoms with van der Waals surface area (Å²) in [5.41, 5.74) is 3.86. The Bertz CT molecular complexity index is 1400. The Hall–Kier alpha value is -3.80. The molecule has 0 N–H and O–H groups in total. The molecule has 0 spiro atoms. The molecule has 0 radical (unpaired) electrons. The Labute approximate surface area is 214 Å². The molecule has 1 saturated carbocycles. The molecule has 2 aliphatic heterocycles. The van der Waals surface area contributed by atoms with Crippen LogP contribution in [0.1, 0.15) is 55.8 Å². The van der Waals surface area contributed by atoms with Crippen molar-refractivity contribution >= 4 is 11.7 Å². The molecule has 2 atom stereocenters. The molecule has 3 aliphatic rings. The lowest BCUT2D eigenvalue weighted by atomic mass is 9.67. The summed E-state index contributed by atoms with van der Waals surface area (Å²) < 4.78 is 15.4. The Morgan fingerprint density at radius 1 is 1.24 bits per heavy atom. The maximum absolute atomic E-state index is 9.44. The summed E-state index contributed by atoms with van der Waals surface area (Å²) in [4.78, 5) is 5.10. The van der Waals surface area contributed by atoms with Gasteiger partial charge < -0.3 is 9.47 Å². The first-order chi connectivity index (χ1) is 18.1. The number of aryl methyl sites for hydroxylation is 1. The Balaban J connectivity index is 1.28. The molecule has 0 bridgehead atoms. The lowest BCUT2D eigenvalue weighted by Crippen LogP contribution is -2.54. The highest BCUT2D eigenvalue weighted by molar-refractivity contribution is 5.75. The van der Waals surface area contributed by atoms with Gasteiger partial charge in [-0.2, -0.15) is 25.8 Å². The van der Waals surface area contributed by atoms with Gasteiger partial charge in [0, 0.05) is 31.6 Å². The Morgan fingerprint density at radius 3 is 2.92 bits per heavy atom. The second-order valence-corrected chi connectivity index (χ2v) is 10.2. The molecule has 11 heteroatoms. The summed E-state index contributed by atoms with van der Waals surface area (Å²) in [6.45, 7) is 1.68. The van der Waals surface area contributed by atoms with E-state index in [1.165, 1.54) is 0 Å². The fourth-order valence-electron chi connectivity index (χ4n) is 5.68. The molecule has 3 aromatic heterocycles. The van der Waals surface area contributed by atoms with Crippen molar-refractivity contribution in [3.8, 4) is 23.4 Å². The number of aromatic nitrogens is 5. The van der Waals surface area contributed by atoms with Crippen LogP contribution in [0.25, 0.3) is 16.8 Å². The zero-order chi connectivity index (χ0) is 25.4. The van der Waals surface area contributed by atoms with Gasteiger partial charge in [0.2, 0.25) is 0 Å². The maximum atomic E-state index is 9.44. The minimum Gasteiger partial charge on any atom is -0.353 e. The molecule has 5 heterocycles. The van der Waals surface area contributed by atoms with E-state index in [4.69, 9.17) is 19.6 Å². The highest BCUT2D eigenvalue weighted by Gasteiger charge is 2.50. The number of hydrogen-bond acceptors (Lipinski definition) is 9. The summed E-state index contributed by atoms with van der Waals surface area (Å²) in [5.74, 6) is -0.0846. The number of hydrazone groups is 1. The predicted octanol–water partition coefficient (Wildman–Crippen LogP) is 3.14. The summed E-state index contributed by atoms with van der Waals surface area (Å²) in [6.07, 6.45) is 12.1. The smallest absolute Gasteiger partial charge is 0.158 e. The van der Waals surface area contributed by atoms with Gasteiger partial charge in [-0.05, 0) is 38.2 Å². The predicted molar refractivity (Wildman–Crippen MR) is 133 cm³/mol. The lowest BCUT2D eigenvalue weighted by molar-refractivity contribution is -0.169. The summed E-state index contributed by atoms with van der Waals surface area (Å²) in [5, 5.41) is 34.6. The minimum atomic E-state index is -0.371. The first-order valence-corrected chi connectivity index (χ1v) is 12.8. The zero-order valence-corrected chi connectivity index (χ0v) is 20.8. The van der Waals surface area contributed by atoms with Gasteiger partial charge in [-0.3, -0.25) is 9.69 Å². The third-order valence-electron chi connectivity index (χ3n) is 7.64. The average Bonchev–Trinajstić information content (AvgIpc) is 3.64. The third kappa shape index (κ3) is 4.35. The van der Waals surface area contributed by atoms with E-state index in [1.54, 1.807) is 10.9 Å². The number of fused-ring (bicyclic) bond motifs is 1. The van der Waals surface area contributed by atoms with E-state index in [0.29, 0.717) is 32.4 Å². The maximum Gasteiger partial charge on any atom is 0.158 e. The fraction of sp³-hybridized carbons (Fsp3) is 0.538. The van der Waals surface area contributed by atoms with Crippen molar-refractivity contribution in [2.45, 2.75) is 62.9 Å².